The lowest BCUT2D eigenvalue weighted by Crippen LogP contribution is -2.23. The van der Waals surface area contributed by atoms with Gasteiger partial charge in [-0.05, 0) is 17.7 Å². The molecule has 5 nitrogen and oxygen atoms in total. The Kier molecular flexibility index (Phi) is 5.30. The van der Waals surface area contributed by atoms with E-state index in [4.69, 9.17) is 4.74 Å². The Morgan fingerprint density at radius 3 is 2.39 bits per heavy atom. The van der Waals surface area contributed by atoms with Crippen molar-refractivity contribution in [3.8, 4) is 0 Å². The SMILES string of the molecule is COCCC(=O)NCc1ccc(S(C)(=O)=O)cc1. The summed E-state index contributed by atoms with van der Waals surface area (Å²) >= 11 is 0. The Morgan fingerprint density at radius 2 is 1.89 bits per heavy atom. The van der Waals surface area contributed by atoms with E-state index in [1.165, 1.54) is 19.2 Å². The Labute approximate surface area is 107 Å². The first kappa shape index (κ1) is 14.7. The molecule has 1 aromatic carbocycles. The van der Waals surface area contributed by atoms with E-state index in [0.717, 1.165) is 11.8 Å². The van der Waals surface area contributed by atoms with Crippen LogP contribution in [0.5, 0.6) is 0 Å². The molecule has 1 amide bonds. The summed E-state index contributed by atoms with van der Waals surface area (Å²) in [7, 11) is -1.63. The minimum absolute atomic E-state index is 0.0935. The summed E-state index contributed by atoms with van der Waals surface area (Å²) in [5.74, 6) is -0.0935. The van der Waals surface area contributed by atoms with Crippen LogP contribution in [0, 0.1) is 0 Å². The van der Waals surface area contributed by atoms with Crippen molar-refractivity contribution in [1.82, 2.24) is 5.32 Å². The summed E-state index contributed by atoms with van der Waals surface area (Å²) < 4.78 is 27.3. The maximum absolute atomic E-state index is 11.3. The Hall–Kier alpha value is -1.40. The second-order valence-corrected chi connectivity index (χ2v) is 5.95. The Bertz CT molecular complexity index is 493. The van der Waals surface area contributed by atoms with Gasteiger partial charge in [-0.25, -0.2) is 8.42 Å². The van der Waals surface area contributed by atoms with Crippen molar-refractivity contribution in [1.29, 1.82) is 0 Å². The summed E-state index contributed by atoms with van der Waals surface area (Å²) in [6.07, 6.45) is 1.48. The van der Waals surface area contributed by atoms with Gasteiger partial charge in [-0.15, -0.1) is 0 Å². The second-order valence-electron chi connectivity index (χ2n) is 3.94. The van der Waals surface area contributed by atoms with Gasteiger partial charge in [0.05, 0.1) is 11.5 Å². The van der Waals surface area contributed by atoms with Crippen molar-refractivity contribution in [2.24, 2.45) is 0 Å². The number of hydrogen-bond donors (Lipinski definition) is 1. The second kappa shape index (κ2) is 6.51. The molecule has 0 aromatic heterocycles. The lowest BCUT2D eigenvalue weighted by molar-refractivity contribution is -0.122. The van der Waals surface area contributed by atoms with Gasteiger partial charge in [-0.3, -0.25) is 4.79 Å². The molecule has 0 bridgehead atoms. The third kappa shape index (κ3) is 4.85. The van der Waals surface area contributed by atoms with Crippen LogP contribution in [0.25, 0.3) is 0 Å². The fraction of sp³-hybridized carbons (Fsp3) is 0.417. The molecule has 1 aromatic rings. The van der Waals surface area contributed by atoms with Gasteiger partial charge in [0.25, 0.3) is 0 Å². The van der Waals surface area contributed by atoms with Crippen molar-refractivity contribution in [2.75, 3.05) is 20.0 Å². The zero-order chi connectivity index (χ0) is 13.6. The summed E-state index contributed by atoms with van der Waals surface area (Å²) in [6, 6.07) is 6.44. The normalized spacial score (nSPS) is 11.2. The third-order valence-electron chi connectivity index (χ3n) is 2.37. The molecule has 1 N–H and O–H groups in total. The highest BCUT2D eigenvalue weighted by Crippen LogP contribution is 2.10. The highest BCUT2D eigenvalue weighted by atomic mass is 32.2. The number of hydrogen-bond acceptors (Lipinski definition) is 4. The molecule has 0 saturated heterocycles. The lowest BCUT2D eigenvalue weighted by atomic mass is 10.2. The van der Waals surface area contributed by atoms with Crippen molar-refractivity contribution < 1.29 is 17.9 Å². The summed E-state index contributed by atoms with van der Waals surface area (Å²) in [4.78, 5) is 11.6. The number of benzene rings is 1. The minimum atomic E-state index is -3.17. The fourth-order valence-electron chi connectivity index (χ4n) is 1.34. The number of ether oxygens (including phenoxy) is 1. The average Bonchev–Trinajstić information content (AvgIpc) is 2.33. The van der Waals surface area contributed by atoms with E-state index in [1.807, 2.05) is 0 Å². The third-order valence-corrected chi connectivity index (χ3v) is 3.50. The minimum Gasteiger partial charge on any atom is -0.384 e. The summed E-state index contributed by atoms with van der Waals surface area (Å²) in [5.41, 5.74) is 0.855. The molecule has 0 fully saturated rings. The molecule has 0 aliphatic rings. The number of sulfone groups is 1. The van der Waals surface area contributed by atoms with E-state index in [0.29, 0.717) is 19.6 Å². The van der Waals surface area contributed by atoms with Crippen LogP contribution in [-0.2, 0) is 25.9 Å². The van der Waals surface area contributed by atoms with E-state index in [2.05, 4.69) is 5.32 Å². The van der Waals surface area contributed by atoms with Crippen LogP contribution in [0.1, 0.15) is 12.0 Å². The number of methoxy groups -OCH3 is 1. The molecule has 0 atom stereocenters. The van der Waals surface area contributed by atoms with Gasteiger partial charge in [-0.2, -0.15) is 0 Å². The summed E-state index contributed by atoms with van der Waals surface area (Å²) in [5, 5.41) is 2.72. The van der Waals surface area contributed by atoms with E-state index < -0.39 is 9.84 Å². The first-order valence-electron chi connectivity index (χ1n) is 5.48. The lowest BCUT2D eigenvalue weighted by Gasteiger charge is -2.05. The molecule has 0 radical (unpaired) electrons. The highest BCUT2D eigenvalue weighted by Gasteiger charge is 2.06. The van der Waals surface area contributed by atoms with Crippen LogP contribution in [0.4, 0.5) is 0 Å². The fourth-order valence-corrected chi connectivity index (χ4v) is 1.97. The molecule has 0 aliphatic carbocycles. The van der Waals surface area contributed by atoms with Crippen molar-refractivity contribution in [3.05, 3.63) is 29.8 Å². The van der Waals surface area contributed by atoms with Gasteiger partial charge >= 0.3 is 0 Å². The Morgan fingerprint density at radius 1 is 1.28 bits per heavy atom. The number of rotatable bonds is 6. The van der Waals surface area contributed by atoms with E-state index in [-0.39, 0.29) is 10.8 Å². The van der Waals surface area contributed by atoms with Crippen LogP contribution in [0.15, 0.2) is 29.2 Å². The van der Waals surface area contributed by atoms with Crippen molar-refractivity contribution in [3.63, 3.8) is 0 Å². The molecular formula is C12H17NO4S. The van der Waals surface area contributed by atoms with Crippen LogP contribution < -0.4 is 5.32 Å². The molecule has 6 heteroatoms. The van der Waals surface area contributed by atoms with Crippen LogP contribution in [0.3, 0.4) is 0 Å². The Balaban J connectivity index is 2.52. The maximum Gasteiger partial charge on any atom is 0.222 e. The standard InChI is InChI=1S/C12H17NO4S/c1-17-8-7-12(14)13-9-10-3-5-11(6-4-10)18(2,15)16/h3-6H,7-9H2,1-2H3,(H,13,14). The largest absolute Gasteiger partial charge is 0.384 e. The maximum atomic E-state index is 11.3. The van der Waals surface area contributed by atoms with Crippen LogP contribution in [0.2, 0.25) is 0 Å². The molecule has 0 unspecified atom stereocenters. The van der Waals surface area contributed by atoms with Gasteiger partial charge in [0.15, 0.2) is 9.84 Å². The van der Waals surface area contributed by atoms with Crippen LogP contribution in [-0.4, -0.2) is 34.3 Å². The zero-order valence-corrected chi connectivity index (χ0v) is 11.3. The smallest absolute Gasteiger partial charge is 0.222 e. The monoisotopic (exact) mass is 271 g/mol. The van der Waals surface area contributed by atoms with E-state index in [1.54, 1.807) is 12.1 Å². The zero-order valence-electron chi connectivity index (χ0n) is 10.5. The molecule has 18 heavy (non-hydrogen) atoms. The first-order chi connectivity index (χ1) is 8.43. The number of carbonyl (C=O) groups excluding carboxylic acids is 1. The van der Waals surface area contributed by atoms with Gasteiger partial charge in [0.2, 0.25) is 5.91 Å². The molecule has 0 aliphatic heterocycles. The number of nitrogens with one attached hydrogen (secondary N) is 1. The van der Waals surface area contributed by atoms with Crippen LogP contribution >= 0.6 is 0 Å². The quantitative estimate of drug-likeness (QED) is 0.828. The van der Waals surface area contributed by atoms with Crippen molar-refractivity contribution in [2.45, 2.75) is 17.9 Å². The molecular weight excluding hydrogens is 254 g/mol. The predicted molar refractivity (Wildman–Crippen MR) is 67.9 cm³/mol. The summed E-state index contributed by atoms with van der Waals surface area (Å²) in [6.45, 7) is 0.769. The number of carbonyl (C=O) groups is 1. The van der Waals surface area contributed by atoms with Gasteiger partial charge in [0.1, 0.15) is 0 Å². The molecule has 0 spiro atoms. The van der Waals surface area contributed by atoms with Crippen molar-refractivity contribution >= 4 is 15.7 Å². The van der Waals surface area contributed by atoms with Gasteiger partial charge in [0, 0.05) is 26.3 Å². The first-order valence-corrected chi connectivity index (χ1v) is 7.37. The van der Waals surface area contributed by atoms with E-state index >= 15 is 0 Å². The number of amides is 1. The highest BCUT2D eigenvalue weighted by molar-refractivity contribution is 7.90. The predicted octanol–water partition coefficient (Wildman–Crippen LogP) is 0.743. The van der Waals surface area contributed by atoms with Gasteiger partial charge in [-0.1, -0.05) is 12.1 Å². The average molecular weight is 271 g/mol. The molecule has 1 rings (SSSR count). The molecule has 0 saturated carbocycles. The van der Waals surface area contributed by atoms with Gasteiger partial charge < -0.3 is 10.1 Å². The topological polar surface area (TPSA) is 72.5 Å². The molecule has 0 heterocycles. The molecule has 100 valence electrons. The van der Waals surface area contributed by atoms with E-state index in [9.17, 15) is 13.2 Å².